The second-order valence-corrected chi connectivity index (χ2v) is 29.1. The van der Waals surface area contributed by atoms with Gasteiger partial charge in [0.2, 0.25) is 41.4 Å². The van der Waals surface area contributed by atoms with Gasteiger partial charge in [0.25, 0.3) is 0 Å². The highest BCUT2D eigenvalue weighted by Crippen LogP contribution is 2.63. The summed E-state index contributed by atoms with van der Waals surface area (Å²) in [6.45, 7) is 21.7. The van der Waals surface area contributed by atoms with Crippen LogP contribution in [0.15, 0.2) is 77.6 Å². The van der Waals surface area contributed by atoms with Gasteiger partial charge in [-0.05, 0) is 84.4 Å². The molecular formula is C63H94N13O13P. The number of ether oxygens (including phenoxy) is 1. The third-order valence-corrected chi connectivity index (χ3v) is 22.4. The second-order valence-electron chi connectivity index (χ2n) is 27.8. The summed E-state index contributed by atoms with van der Waals surface area (Å²) < 4.78 is 31.5. The molecule has 1 aliphatic carbocycles. The first kappa shape index (κ1) is 69.2. The lowest BCUT2D eigenvalue weighted by Crippen LogP contribution is -2.56. The first-order valence-electron chi connectivity index (χ1n) is 31.1. The lowest BCUT2D eigenvalue weighted by molar-refractivity contribution is -0.124. The van der Waals surface area contributed by atoms with Crippen LogP contribution in [0.25, 0.3) is 0 Å². The first-order valence-corrected chi connectivity index (χ1v) is 32.6. The van der Waals surface area contributed by atoms with Crippen LogP contribution in [0.5, 0.6) is 0 Å². The minimum Gasteiger partial charge on any atom is -0.394 e. The summed E-state index contributed by atoms with van der Waals surface area (Å²) in [6.07, 6.45) is 3.24. The number of nitrogens with one attached hydrogen (secondary N) is 2. The lowest BCUT2D eigenvalue weighted by atomic mass is 9.55. The van der Waals surface area contributed by atoms with E-state index in [-0.39, 0.29) is 89.3 Å². The average molecular weight is 1270 g/mol. The highest BCUT2D eigenvalue weighted by molar-refractivity contribution is 7.47. The monoisotopic (exact) mass is 1270 g/mol. The number of allylic oxidation sites excluding steroid dienone is 8. The SMILES string of the molecule is CC1=CC2N=CN([C@H]3O[C@H](CO)[C@@H](OP(=O)(O)O[C@H](C)CNC(=O)CC[C@@]4(C)C5=N[C@H]([C@@H]4CC(N)=O)[C@]4(C)N=C(/C(C)=C6\NC(=CC7=NC(=C5C)[C@@H](CCC(N)=O)C7(C)C)[C@@H](CCC(N)=O)[C@]6(C)CC(N)=O)[C@@H](CCC(N)=O)[C@]4(C)CC(N)=O)[C@H]3C)C2C=C1C. The van der Waals surface area contributed by atoms with Crippen LogP contribution in [-0.2, 0) is 51.9 Å². The quantitative estimate of drug-likeness (QED) is 0.0553. The Hall–Kier alpha value is -6.70. The Morgan fingerprint density at radius 2 is 1.40 bits per heavy atom. The number of carbonyl (C=O) groups is 7. The zero-order valence-electron chi connectivity index (χ0n) is 54.0. The van der Waals surface area contributed by atoms with Gasteiger partial charge in [-0.2, -0.15) is 0 Å². The van der Waals surface area contributed by atoms with E-state index in [1.54, 1.807) is 13.3 Å². The minimum atomic E-state index is -4.90. The molecule has 0 radical (unpaired) electrons. The van der Waals surface area contributed by atoms with Crippen molar-refractivity contribution in [1.29, 1.82) is 0 Å². The summed E-state index contributed by atoms with van der Waals surface area (Å²) in [6, 6.07) is -1.33. The van der Waals surface area contributed by atoms with Crippen molar-refractivity contribution in [3.05, 3.63) is 57.6 Å². The fourth-order valence-electron chi connectivity index (χ4n) is 16.1. The van der Waals surface area contributed by atoms with E-state index in [9.17, 15) is 48.1 Å². The van der Waals surface area contributed by atoms with Gasteiger partial charge in [0, 0.05) is 137 Å². The Bertz CT molecular complexity index is 3330. The van der Waals surface area contributed by atoms with Crippen LogP contribution in [0.3, 0.4) is 0 Å². The highest BCUT2D eigenvalue weighted by atomic mass is 31.2. The number of aliphatic hydroxyl groups excluding tert-OH is 1. The van der Waals surface area contributed by atoms with E-state index in [4.69, 9.17) is 63.2 Å². The molecule has 8 bridgehead atoms. The fourth-order valence-corrected chi connectivity index (χ4v) is 17.3. The van der Waals surface area contributed by atoms with Crippen molar-refractivity contribution in [2.45, 2.75) is 202 Å². The number of primary amides is 6. The summed E-state index contributed by atoms with van der Waals surface area (Å²) in [5, 5.41) is 16.9. The fraction of sp³-hybridized carbons (Fsp3) is 0.667. The molecule has 90 heavy (non-hydrogen) atoms. The molecule has 26 nitrogen and oxygen atoms in total. The number of nitrogens with zero attached hydrogens (tertiary/aromatic N) is 5. The van der Waals surface area contributed by atoms with Crippen molar-refractivity contribution in [3.8, 4) is 0 Å². The summed E-state index contributed by atoms with van der Waals surface area (Å²) >= 11 is 0. The molecule has 0 aromatic heterocycles. The Morgan fingerprint density at radius 3 is 1.99 bits per heavy atom. The molecule has 494 valence electrons. The Morgan fingerprint density at radius 1 is 0.800 bits per heavy atom. The zero-order valence-corrected chi connectivity index (χ0v) is 54.9. The maximum Gasteiger partial charge on any atom is 0.472 e. The van der Waals surface area contributed by atoms with E-state index in [2.05, 4.69) is 27.8 Å². The van der Waals surface area contributed by atoms with Crippen LogP contribution >= 0.6 is 7.82 Å². The van der Waals surface area contributed by atoms with Crippen LogP contribution in [0.1, 0.15) is 154 Å². The van der Waals surface area contributed by atoms with E-state index in [1.165, 1.54) is 6.92 Å². The van der Waals surface area contributed by atoms with E-state index >= 15 is 0 Å². The zero-order chi connectivity index (χ0) is 66.7. The third-order valence-electron chi connectivity index (χ3n) is 21.3. The molecule has 7 amide bonds. The van der Waals surface area contributed by atoms with Crippen molar-refractivity contribution in [2.75, 3.05) is 13.2 Å². The van der Waals surface area contributed by atoms with Gasteiger partial charge >= 0.3 is 7.82 Å². The molecule has 0 spiro atoms. The summed E-state index contributed by atoms with van der Waals surface area (Å²) in [5.41, 5.74) is 36.7. The lowest BCUT2D eigenvalue weighted by Gasteiger charge is -2.48. The van der Waals surface area contributed by atoms with Crippen LogP contribution in [-0.4, -0.2) is 141 Å². The predicted molar refractivity (Wildman–Crippen MR) is 338 cm³/mol. The van der Waals surface area contributed by atoms with Gasteiger partial charge in [-0.25, -0.2) is 4.57 Å². The number of aliphatic imine (C=N–C) groups is 4. The largest absolute Gasteiger partial charge is 0.472 e. The van der Waals surface area contributed by atoms with E-state index in [0.717, 1.165) is 11.1 Å². The van der Waals surface area contributed by atoms with E-state index in [0.29, 0.717) is 45.4 Å². The Kier molecular flexibility index (Phi) is 19.8. The van der Waals surface area contributed by atoms with Crippen molar-refractivity contribution in [2.24, 2.45) is 106 Å². The number of rotatable bonds is 26. The molecular weight excluding hydrogens is 1180 g/mol. The number of aliphatic hydroxyl groups is 1. The standard InChI is InChI=1S/C63H94N13O13P/c1-30-21-41-42(22-31(30)2)76(29-71-41)58-35(6)54(43(28-77)87-58)89-90(85,86)88-32(3)27-70-51(84)19-20-60(9)39(23-48(67)81)57-63(12)62(11,26-50(69)83)38(15-18-47(66)80)53(75-63)34(5)56-61(10,25-49(68)82)36(13-16-45(64)78)40(72-56)24-44-59(7,8)37(14-17-46(65)79)52(73-44)33(4)55(60)74-57/h21-22,24,29,32,35-39,41-43,54,57-58,72,77H,13-20,23,25-28H2,1-12H3,(H2,64,78)(H2,65,79)(H2,66,80)(H2,67,81)(H2,68,82)(H2,69,83)(H,70,84)(H,85,86)/b40-24?,52-33?,56-34-/t32-,35-,36-,37-,38-,39+,41?,42?,43-,54+,57-,58+,60-,61+,62+,63+/m1/s1. The number of phosphoric ester groups is 1. The molecule has 2 saturated heterocycles. The predicted octanol–water partition coefficient (Wildman–Crippen LogP) is 3.59. The number of amides is 7. The number of carbonyl (C=O) groups excluding carboxylic acids is 7. The van der Waals surface area contributed by atoms with Crippen LogP contribution in [0, 0.1) is 51.2 Å². The van der Waals surface area contributed by atoms with Gasteiger partial charge in [0.1, 0.15) is 18.4 Å². The second kappa shape index (κ2) is 25.8. The van der Waals surface area contributed by atoms with Crippen LogP contribution in [0.4, 0.5) is 0 Å². The van der Waals surface area contributed by atoms with Crippen molar-refractivity contribution >= 4 is 72.6 Å². The molecule has 8 aliphatic rings. The summed E-state index contributed by atoms with van der Waals surface area (Å²) in [4.78, 5) is 128. The number of phosphoric acid groups is 1. The number of hydrogen-bond acceptors (Lipinski definition) is 18. The van der Waals surface area contributed by atoms with Gasteiger partial charge in [0.15, 0.2) is 0 Å². The number of hydrogen-bond donors (Lipinski definition) is 10. The summed E-state index contributed by atoms with van der Waals surface area (Å²) in [5.74, 6) is -7.54. The van der Waals surface area contributed by atoms with Gasteiger partial charge in [-0.15, -0.1) is 0 Å². The Balaban J connectivity index is 1.18. The Labute approximate surface area is 526 Å². The maximum atomic E-state index is 14.4. The molecule has 0 aromatic rings. The molecule has 7 aliphatic heterocycles. The highest BCUT2D eigenvalue weighted by Gasteiger charge is 2.66. The number of nitrogens with two attached hydrogens (primary N) is 6. The van der Waals surface area contributed by atoms with Crippen LogP contribution < -0.4 is 45.0 Å². The van der Waals surface area contributed by atoms with Gasteiger partial charge in [0.05, 0.1) is 42.7 Å². The molecule has 0 saturated carbocycles. The van der Waals surface area contributed by atoms with E-state index < -0.39 is 143 Å². The molecule has 0 aromatic carbocycles. The normalized spacial score (nSPS) is 35.8. The molecule has 7 heterocycles. The molecule has 17 atom stereocenters. The number of fused-ring (bicyclic) bond motifs is 7. The van der Waals surface area contributed by atoms with Crippen LogP contribution in [0.2, 0.25) is 0 Å². The van der Waals surface area contributed by atoms with Gasteiger partial charge < -0.3 is 64.7 Å². The van der Waals surface area contributed by atoms with Crippen molar-refractivity contribution in [3.63, 3.8) is 0 Å². The topological polar surface area (TPSA) is 438 Å². The molecule has 2 fully saturated rings. The smallest absolute Gasteiger partial charge is 0.394 e. The molecule has 3 unspecified atom stereocenters. The molecule has 8 rings (SSSR count). The van der Waals surface area contributed by atoms with Gasteiger partial charge in [-0.3, -0.25) is 62.6 Å². The molecule has 27 heteroatoms. The third kappa shape index (κ3) is 13.1. The summed E-state index contributed by atoms with van der Waals surface area (Å²) in [7, 11) is -4.90. The van der Waals surface area contributed by atoms with Gasteiger partial charge in [-0.1, -0.05) is 64.8 Å². The maximum absolute atomic E-state index is 14.4. The molecule has 16 N–H and O–H groups in total. The van der Waals surface area contributed by atoms with E-state index in [1.807, 2.05) is 80.2 Å². The van der Waals surface area contributed by atoms with Crippen molar-refractivity contribution in [1.82, 2.24) is 15.5 Å². The first-order chi connectivity index (χ1) is 41.8. The average Bonchev–Trinajstić information content (AvgIpc) is 1.53. The van der Waals surface area contributed by atoms with Crippen molar-refractivity contribution < 1.29 is 61.9 Å². The minimum absolute atomic E-state index is 0.0196.